The van der Waals surface area contributed by atoms with E-state index in [1.807, 2.05) is 12.1 Å². The van der Waals surface area contributed by atoms with Crippen LogP contribution in [-0.4, -0.2) is 50.1 Å². The van der Waals surface area contributed by atoms with Crippen LogP contribution in [0.15, 0.2) is 60.7 Å². The maximum atomic E-state index is 11.7. The summed E-state index contributed by atoms with van der Waals surface area (Å²) in [7, 11) is 0. The van der Waals surface area contributed by atoms with Crippen LogP contribution in [0, 0.1) is 0 Å². The molecule has 0 aliphatic heterocycles. The number of esters is 2. The number of aliphatic hydroxyl groups is 1. The lowest BCUT2D eigenvalue weighted by molar-refractivity contribution is -0.140. The van der Waals surface area contributed by atoms with Crippen molar-refractivity contribution in [3.63, 3.8) is 0 Å². The van der Waals surface area contributed by atoms with Gasteiger partial charge >= 0.3 is 11.9 Å². The maximum absolute atomic E-state index is 11.7. The van der Waals surface area contributed by atoms with Crippen LogP contribution in [0.2, 0.25) is 0 Å². The van der Waals surface area contributed by atoms with Crippen LogP contribution in [0.4, 0.5) is 0 Å². The molecule has 0 amide bonds. The molecular formula is C32H42O7. The van der Waals surface area contributed by atoms with Crippen LogP contribution in [0.1, 0.15) is 57.6 Å². The molecule has 0 heterocycles. The van der Waals surface area contributed by atoms with Crippen LogP contribution < -0.4 is 9.47 Å². The molecule has 1 N–H and O–H groups in total. The maximum Gasteiger partial charge on any atom is 0.333 e. The summed E-state index contributed by atoms with van der Waals surface area (Å²) in [5, 5.41) is 9.49. The molecule has 2 aromatic rings. The molecular weight excluding hydrogens is 496 g/mol. The van der Waals surface area contributed by atoms with E-state index < -0.39 is 11.9 Å². The zero-order valence-corrected chi connectivity index (χ0v) is 23.6. The minimum atomic E-state index is -0.472. The van der Waals surface area contributed by atoms with Crippen LogP contribution in [0.25, 0.3) is 11.1 Å². The average Bonchev–Trinajstić information content (AvgIpc) is 2.92. The van der Waals surface area contributed by atoms with Gasteiger partial charge < -0.3 is 24.1 Å². The molecule has 0 fully saturated rings. The van der Waals surface area contributed by atoms with Gasteiger partial charge in [0, 0.05) is 23.3 Å². The van der Waals surface area contributed by atoms with E-state index >= 15 is 0 Å². The Bertz CT molecular complexity index is 1050. The Kier molecular flexibility index (Phi) is 13.9. The monoisotopic (exact) mass is 538 g/mol. The van der Waals surface area contributed by atoms with Gasteiger partial charge in [-0.15, -0.1) is 0 Å². The van der Waals surface area contributed by atoms with Crippen molar-refractivity contribution >= 4 is 11.9 Å². The predicted octanol–water partition coefficient (Wildman–Crippen LogP) is 6.01. The Labute approximate surface area is 232 Å². The van der Waals surface area contributed by atoms with Crippen LogP contribution >= 0.6 is 0 Å². The standard InChI is InChI=1S/C32H42O7/c1-6-7-8-10-25-12-14-26(15-13-25)27-21-29(36-17-19-38-31(34)23(2)3)28(11-9-16-33)30(22-27)37-18-20-39-32(35)24(4)5/h12-15,21-22,33H,2,4,6-11,16-20H2,1,3,5H3. The summed E-state index contributed by atoms with van der Waals surface area (Å²) in [6.45, 7) is 13.0. The molecule has 0 saturated heterocycles. The van der Waals surface area contributed by atoms with E-state index in [0.717, 1.165) is 29.5 Å². The first-order valence-corrected chi connectivity index (χ1v) is 13.5. The first-order valence-electron chi connectivity index (χ1n) is 13.5. The van der Waals surface area contributed by atoms with Crippen molar-refractivity contribution < 1.29 is 33.6 Å². The molecule has 0 unspecified atom stereocenters. The lowest BCUT2D eigenvalue weighted by Crippen LogP contribution is -2.15. The number of aryl methyl sites for hydroxylation is 1. The largest absolute Gasteiger partial charge is 0.490 e. The Morgan fingerprint density at radius 1 is 0.744 bits per heavy atom. The molecule has 0 bridgehead atoms. The fraction of sp³-hybridized carbons (Fsp3) is 0.438. The SMILES string of the molecule is C=C(C)C(=O)OCCOc1cc(-c2ccc(CCCCC)cc2)cc(OCCOC(=O)C(=C)C)c1CCCO. The van der Waals surface area contributed by atoms with Gasteiger partial charge in [0.25, 0.3) is 0 Å². The Morgan fingerprint density at radius 3 is 1.74 bits per heavy atom. The van der Waals surface area contributed by atoms with Crippen molar-refractivity contribution in [3.8, 4) is 22.6 Å². The van der Waals surface area contributed by atoms with Crippen LogP contribution in [0.3, 0.4) is 0 Å². The zero-order valence-electron chi connectivity index (χ0n) is 23.6. The second kappa shape index (κ2) is 17.1. The van der Waals surface area contributed by atoms with Gasteiger partial charge in [0.05, 0.1) is 0 Å². The molecule has 0 aliphatic rings. The quantitative estimate of drug-likeness (QED) is 0.141. The van der Waals surface area contributed by atoms with Crippen molar-refractivity contribution in [2.45, 2.75) is 59.3 Å². The number of benzene rings is 2. The second-order valence-corrected chi connectivity index (χ2v) is 9.46. The molecule has 0 spiro atoms. The second-order valence-electron chi connectivity index (χ2n) is 9.46. The van der Waals surface area contributed by atoms with Crippen LogP contribution in [0.5, 0.6) is 11.5 Å². The van der Waals surface area contributed by atoms with Crippen molar-refractivity contribution in [3.05, 3.63) is 71.8 Å². The molecule has 2 rings (SSSR count). The highest BCUT2D eigenvalue weighted by atomic mass is 16.6. The third-order valence-electron chi connectivity index (χ3n) is 5.95. The minimum absolute atomic E-state index is 0.00652. The number of carbonyl (C=O) groups is 2. The van der Waals surface area contributed by atoms with Crippen LogP contribution in [-0.2, 0) is 31.9 Å². The van der Waals surface area contributed by atoms with E-state index in [1.165, 1.54) is 18.4 Å². The molecule has 7 heteroatoms. The first kappa shape index (κ1) is 31.6. The summed E-state index contributed by atoms with van der Waals surface area (Å²) >= 11 is 0. The summed E-state index contributed by atoms with van der Waals surface area (Å²) in [4.78, 5) is 23.5. The van der Waals surface area contributed by atoms with Crippen molar-refractivity contribution in [2.75, 3.05) is 33.0 Å². The number of hydrogen-bond acceptors (Lipinski definition) is 7. The Balaban J connectivity index is 2.31. The van der Waals surface area contributed by atoms with E-state index in [2.05, 4.69) is 44.3 Å². The predicted molar refractivity (Wildman–Crippen MR) is 153 cm³/mol. The average molecular weight is 539 g/mol. The summed E-state index contributed by atoms with van der Waals surface area (Å²) < 4.78 is 22.5. The third-order valence-corrected chi connectivity index (χ3v) is 5.95. The van der Waals surface area contributed by atoms with Gasteiger partial charge in [0.15, 0.2) is 0 Å². The van der Waals surface area contributed by atoms with Gasteiger partial charge in [-0.25, -0.2) is 9.59 Å². The summed E-state index contributed by atoms with van der Waals surface area (Å²) in [5.74, 6) is 0.210. The minimum Gasteiger partial charge on any atom is -0.490 e. The number of aliphatic hydroxyl groups excluding tert-OH is 1. The van der Waals surface area contributed by atoms with Gasteiger partial charge in [-0.2, -0.15) is 0 Å². The third kappa shape index (κ3) is 11.0. The van der Waals surface area contributed by atoms with Gasteiger partial charge in [-0.1, -0.05) is 57.2 Å². The zero-order chi connectivity index (χ0) is 28.6. The molecule has 39 heavy (non-hydrogen) atoms. The lowest BCUT2D eigenvalue weighted by atomic mass is 9.98. The smallest absolute Gasteiger partial charge is 0.333 e. The Hall–Kier alpha value is -3.58. The highest BCUT2D eigenvalue weighted by molar-refractivity contribution is 5.87. The topological polar surface area (TPSA) is 91.3 Å². The highest BCUT2D eigenvalue weighted by Gasteiger charge is 2.16. The number of carbonyl (C=O) groups excluding carboxylic acids is 2. The van der Waals surface area contributed by atoms with Gasteiger partial charge in [0.1, 0.15) is 37.9 Å². The van der Waals surface area contributed by atoms with E-state index in [9.17, 15) is 14.7 Å². The molecule has 212 valence electrons. The summed E-state index contributed by atoms with van der Waals surface area (Å²) in [6.07, 6.45) is 5.62. The normalized spacial score (nSPS) is 10.6. The van der Waals surface area contributed by atoms with E-state index in [4.69, 9.17) is 18.9 Å². The van der Waals surface area contributed by atoms with Crippen molar-refractivity contribution in [1.82, 2.24) is 0 Å². The molecule has 2 aromatic carbocycles. The van der Waals surface area contributed by atoms with Crippen molar-refractivity contribution in [2.24, 2.45) is 0 Å². The van der Waals surface area contributed by atoms with Gasteiger partial charge in [-0.3, -0.25) is 0 Å². The lowest BCUT2D eigenvalue weighted by Gasteiger charge is -2.19. The Morgan fingerprint density at radius 2 is 1.28 bits per heavy atom. The number of ether oxygens (including phenoxy) is 4. The highest BCUT2D eigenvalue weighted by Crippen LogP contribution is 2.36. The van der Waals surface area contributed by atoms with E-state index in [-0.39, 0.29) is 33.0 Å². The van der Waals surface area contributed by atoms with E-state index in [0.29, 0.717) is 35.5 Å². The fourth-order valence-electron chi connectivity index (χ4n) is 3.81. The molecule has 0 saturated carbocycles. The molecule has 0 aromatic heterocycles. The molecule has 0 radical (unpaired) electrons. The summed E-state index contributed by atoms with van der Waals surface area (Å²) in [6, 6.07) is 12.3. The number of unbranched alkanes of at least 4 members (excludes halogenated alkanes) is 2. The molecule has 7 nitrogen and oxygen atoms in total. The number of rotatable bonds is 18. The first-order chi connectivity index (χ1) is 18.8. The molecule has 0 aliphatic carbocycles. The van der Waals surface area contributed by atoms with Crippen molar-refractivity contribution in [1.29, 1.82) is 0 Å². The fourth-order valence-corrected chi connectivity index (χ4v) is 3.81. The van der Waals surface area contributed by atoms with Gasteiger partial charge in [0.2, 0.25) is 0 Å². The molecule has 0 atom stereocenters. The van der Waals surface area contributed by atoms with E-state index in [1.54, 1.807) is 13.8 Å². The summed E-state index contributed by atoms with van der Waals surface area (Å²) in [5.41, 5.74) is 4.61. The van der Waals surface area contributed by atoms with Gasteiger partial charge in [-0.05, 0) is 68.4 Å². The number of hydrogen-bond donors (Lipinski definition) is 1.